The van der Waals surface area contributed by atoms with Gasteiger partial charge >= 0.3 is 5.69 Å². The van der Waals surface area contributed by atoms with E-state index >= 15 is 0 Å². The summed E-state index contributed by atoms with van der Waals surface area (Å²) in [5.41, 5.74) is 4.05. The predicted octanol–water partition coefficient (Wildman–Crippen LogP) is 1.89. The summed E-state index contributed by atoms with van der Waals surface area (Å²) in [7, 11) is 0. The van der Waals surface area contributed by atoms with Crippen LogP contribution in [0.2, 0.25) is 0 Å². The van der Waals surface area contributed by atoms with E-state index in [9.17, 15) is 18.0 Å². The SMILES string of the molecule is NC/C(=C/F)Cn1ncn(-c2c(F)cc(Br)cc2F)c1=O. The van der Waals surface area contributed by atoms with Gasteiger partial charge < -0.3 is 5.73 Å². The lowest BCUT2D eigenvalue weighted by Gasteiger charge is -2.05. The van der Waals surface area contributed by atoms with Crippen molar-refractivity contribution >= 4 is 15.9 Å². The third-order valence-corrected chi connectivity index (χ3v) is 3.18. The lowest BCUT2D eigenvalue weighted by Crippen LogP contribution is -2.26. The molecule has 9 heteroatoms. The second-order valence-corrected chi connectivity index (χ2v) is 5.05. The molecule has 0 saturated carbocycles. The molecule has 0 bridgehead atoms. The Morgan fingerprint density at radius 3 is 2.52 bits per heavy atom. The Morgan fingerprint density at radius 1 is 1.38 bits per heavy atom. The second-order valence-electron chi connectivity index (χ2n) is 4.13. The first-order valence-corrected chi connectivity index (χ1v) is 6.54. The minimum atomic E-state index is -0.927. The van der Waals surface area contributed by atoms with Gasteiger partial charge in [0.2, 0.25) is 0 Å². The molecule has 0 unspecified atom stereocenters. The minimum Gasteiger partial charge on any atom is -0.327 e. The molecule has 0 fully saturated rings. The van der Waals surface area contributed by atoms with Crippen LogP contribution in [0.4, 0.5) is 13.2 Å². The third-order valence-electron chi connectivity index (χ3n) is 2.73. The monoisotopic (exact) mass is 362 g/mol. The fourth-order valence-corrected chi connectivity index (χ4v) is 2.10. The number of benzene rings is 1. The molecule has 1 aromatic carbocycles. The maximum absolute atomic E-state index is 13.8. The predicted molar refractivity (Wildman–Crippen MR) is 73.7 cm³/mol. The Bertz CT molecular complexity index is 730. The molecule has 112 valence electrons. The van der Waals surface area contributed by atoms with Crippen molar-refractivity contribution in [3.8, 4) is 5.69 Å². The lowest BCUT2D eigenvalue weighted by atomic mass is 10.3. The van der Waals surface area contributed by atoms with E-state index in [0.717, 1.165) is 23.1 Å². The molecule has 2 N–H and O–H groups in total. The number of halogens is 4. The summed E-state index contributed by atoms with van der Waals surface area (Å²) < 4.78 is 41.9. The molecule has 1 heterocycles. The van der Waals surface area contributed by atoms with Crippen molar-refractivity contribution in [2.75, 3.05) is 6.54 Å². The van der Waals surface area contributed by atoms with Crippen LogP contribution in [-0.4, -0.2) is 20.9 Å². The lowest BCUT2D eigenvalue weighted by molar-refractivity contribution is 0.561. The molecule has 0 spiro atoms. The van der Waals surface area contributed by atoms with Crippen molar-refractivity contribution in [3.63, 3.8) is 0 Å². The molecular formula is C12H10BrF3N4O. The number of nitrogens with zero attached hydrogens (tertiary/aromatic N) is 3. The van der Waals surface area contributed by atoms with Gasteiger partial charge in [-0.3, -0.25) is 0 Å². The average molecular weight is 363 g/mol. The summed E-state index contributed by atoms with van der Waals surface area (Å²) >= 11 is 2.94. The highest BCUT2D eigenvalue weighted by Crippen LogP contribution is 2.21. The molecule has 2 aromatic rings. The van der Waals surface area contributed by atoms with Gasteiger partial charge in [0.25, 0.3) is 0 Å². The quantitative estimate of drug-likeness (QED) is 0.902. The van der Waals surface area contributed by atoms with E-state index < -0.39 is 23.0 Å². The van der Waals surface area contributed by atoms with E-state index in [4.69, 9.17) is 5.73 Å². The van der Waals surface area contributed by atoms with Crippen LogP contribution in [-0.2, 0) is 6.54 Å². The van der Waals surface area contributed by atoms with Gasteiger partial charge in [-0.1, -0.05) is 15.9 Å². The van der Waals surface area contributed by atoms with Crippen LogP contribution in [0.5, 0.6) is 0 Å². The molecule has 5 nitrogen and oxygen atoms in total. The number of aromatic nitrogens is 3. The van der Waals surface area contributed by atoms with Crippen molar-refractivity contribution in [2.45, 2.75) is 6.54 Å². The summed E-state index contributed by atoms with van der Waals surface area (Å²) in [6.45, 7) is -0.296. The normalized spacial score (nSPS) is 12.0. The van der Waals surface area contributed by atoms with Crippen molar-refractivity contribution in [1.29, 1.82) is 0 Å². The summed E-state index contributed by atoms with van der Waals surface area (Å²) in [6.07, 6.45) is 1.23. The van der Waals surface area contributed by atoms with Crippen molar-refractivity contribution in [1.82, 2.24) is 14.3 Å². The fourth-order valence-electron chi connectivity index (χ4n) is 1.70. The molecule has 1 aromatic heterocycles. The Labute approximate surface area is 125 Å². The van der Waals surface area contributed by atoms with Gasteiger partial charge in [-0.25, -0.2) is 27.2 Å². The summed E-state index contributed by atoms with van der Waals surface area (Å²) in [6, 6.07) is 2.05. The second kappa shape index (κ2) is 6.27. The van der Waals surface area contributed by atoms with Crippen LogP contribution in [0.15, 0.2) is 39.6 Å². The zero-order valence-electron chi connectivity index (χ0n) is 10.6. The van der Waals surface area contributed by atoms with Gasteiger partial charge in [0.05, 0.1) is 12.9 Å². The summed E-state index contributed by atoms with van der Waals surface area (Å²) in [5.74, 6) is -1.85. The number of rotatable bonds is 4. The van der Waals surface area contributed by atoms with Crippen molar-refractivity contribution in [3.05, 3.63) is 57.0 Å². The van der Waals surface area contributed by atoms with Gasteiger partial charge in [-0.05, 0) is 17.7 Å². The third kappa shape index (κ3) is 3.08. The number of hydrogen-bond acceptors (Lipinski definition) is 3. The molecule has 0 atom stereocenters. The van der Waals surface area contributed by atoms with Crippen LogP contribution in [0.1, 0.15) is 0 Å². The molecule has 0 amide bonds. The Kier molecular flexibility index (Phi) is 4.63. The van der Waals surface area contributed by atoms with E-state index in [1.165, 1.54) is 0 Å². The minimum absolute atomic E-state index is 0.100. The number of hydrogen-bond donors (Lipinski definition) is 1. The van der Waals surface area contributed by atoms with E-state index in [1.54, 1.807) is 0 Å². The molecule has 0 aliphatic rings. The van der Waals surface area contributed by atoms with Gasteiger partial charge in [0.15, 0.2) is 11.6 Å². The van der Waals surface area contributed by atoms with Gasteiger partial charge in [0.1, 0.15) is 12.0 Å². The first-order chi connectivity index (χ1) is 9.97. The maximum atomic E-state index is 13.8. The highest BCUT2D eigenvalue weighted by Gasteiger charge is 2.17. The van der Waals surface area contributed by atoms with Crippen LogP contribution in [0, 0.1) is 11.6 Å². The zero-order valence-corrected chi connectivity index (χ0v) is 12.1. The zero-order chi connectivity index (χ0) is 15.6. The van der Waals surface area contributed by atoms with E-state index in [2.05, 4.69) is 21.0 Å². The standard InChI is InChI=1S/C12H10BrF3N4O/c13-8-1-9(15)11(10(16)2-8)19-6-18-20(12(19)21)5-7(3-14)4-17/h1-3,6H,4-5,17H2/b7-3-. The van der Waals surface area contributed by atoms with Crippen molar-refractivity contribution < 1.29 is 13.2 Å². The highest BCUT2D eigenvalue weighted by molar-refractivity contribution is 9.10. The van der Waals surface area contributed by atoms with Gasteiger partial charge in [-0.2, -0.15) is 5.10 Å². The summed E-state index contributed by atoms with van der Waals surface area (Å²) in [5, 5.41) is 3.69. The maximum Gasteiger partial charge on any atom is 0.350 e. The Morgan fingerprint density at radius 2 is 2.00 bits per heavy atom. The van der Waals surface area contributed by atoms with Crippen LogP contribution in [0.3, 0.4) is 0 Å². The molecule has 21 heavy (non-hydrogen) atoms. The van der Waals surface area contributed by atoms with Gasteiger partial charge in [-0.15, -0.1) is 0 Å². The van der Waals surface area contributed by atoms with Crippen LogP contribution < -0.4 is 11.4 Å². The van der Waals surface area contributed by atoms with E-state index in [-0.39, 0.29) is 29.5 Å². The fraction of sp³-hybridized carbons (Fsp3) is 0.167. The van der Waals surface area contributed by atoms with Gasteiger partial charge in [0, 0.05) is 11.0 Å². The topological polar surface area (TPSA) is 65.8 Å². The molecule has 0 radical (unpaired) electrons. The molecular weight excluding hydrogens is 353 g/mol. The van der Waals surface area contributed by atoms with Crippen LogP contribution >= 0.6 is 15.9 Å². The molecule has 0 aliphatic heterocycles. The van der Waals surface area contributed by atoms with Crippen molar-refractivity contribution in [2.24, 2.45) is 5.73 Å². The van der Waals surface area contributed by atoms with Crippen LogP contribution in [0.25, 0.3) is 5.69 Å². The largest absolute Gasteiger partial charge is 0.350 e. The van der Waals surface area contributed by atoms with E-state index in [0.29, 0.717) is 4.57 Å². The Hall–Kier alpha value is -1.87. The average Bonchev–Trinajstić information content (AvgIpc) is 2.77. The molecule has 0 saturated heterocycles. The van der Waals surface area contributed by atoms with E-state index in [1.807, 2.05) is 0 Å². The first-order valence-electron chi connectivity index (χ1n) is 5.75. The number of nitrogens with two attached hydrogens (primary N) is 1. The smallest absolute Gasteiger partial charge is 0.327 e. The Balaban J connectivity index is 2.49. The summed E-state index contributed by atoms with van der Waals surface area (Å²) in [4.78, 5) is 12.1. The first kappa shape index (κ1) is 15.5. The molecule has 0 aliphatic carbocycles. The highest BCUT2D eigenvalue weighted by atomic mass is 79.9. The molecule has 2 rings (SSSR count).